The number of benzene rings is 1. The van der Waals surface area contributed by atoms with Crippen LogP contribution in [0.25, 0.3) is 0 Å². The lowest BCUT2D eigenvalue weighted by molar-refractivity contribution is 0.322. The van der Waals surface area contributed by atoms with Gasteiger partial charge in [0, 0.05) is 6.04 Å². The highest BCUT2D eigenvalue weighted by Crippen LogP contribution is 2.42. The molecule has 3 rings (SSSR count). The van der Waals surface area contributed by atoms with E-state index in [1.165, 1.54) is 24.0 Å². The van der Waals surface area contributed by atoms with Crippen LogP contribution in [0.1, 0.15) is 62.6 Å². The van der Waals surface area contributed by atoms with Gasteiger partial charge < -0.3 is 9.73 Å². The molecule has 1 unspecified atom stereocenters. The molecule has 20 heavy (non-hydrogen) atoms. The molecule has 0 saturated carbocycles. The van der Waals surface area contributed by atoms with Gasteiger partial charge in [0.1, 0.15) is 5.76 Å². The molecule has 0 bridgehead atoms. The van der Waals surface area contributed by atoms with Crippen molar-refractivity contribution in [1.29, 1.82) is 0 Å². The second-order valence-corrected chi connectivity index (χ2v) is 6.47. The Kier molecular flexibility index (Phi) is 3.43. The van der Waals surface area contributed by atoms with E-state index in [1.807, 2.05) is 12.1 Å². The Morgan fingerprint density at radius 2 is 2.00 bits per heavy atom. The maximum atomic E-state index is 5.50. The normalized spacial score (nSPS) is 22.2. The highest BCUT2D eigenvalue weighted by atomic mass is 16.3. The summed E-state index contributed by atoms with van der Waals surface area (Å²) in [6.07, 6.45) is 4.13. The van der Waals surface area contributed by atoms with E-state index in [9.17, 15) is 0 Å². The fourth-order valence-electron chi connectivity index (χ4n) is 3.31. The Morgan fingerprint density at radius 3 is 2.75 bits per heavy atom. The summed E-state index contributed by atoms with van der Waals surface area (Å²) in [6, 6.07) is 13.5. The Bertz CT molecular complexity index is 571. The molecule has 0 aliphatic heterocycles. The van der Waals surface area contributed by atoms with Crippen LogP contribution in [0.15, 0.2) is 47.1 Å². The van der Waals surface area contributed by atoms with Gasteiger partial charge in [-0.15, -0.1) is 0 Å². The van der Waals surface area contributed by atoms with Crippen LogP contribution < -0.4 is 5.32 Å². The first-order valence-corrected chi connectivity index (χ1v) is 7.47. The van der Waals surface area contributed by atoms with E-state index in [2.05, 4.69) is 50.4 Å². The molecule has 0 radical (unpaired) electrons. The SMILES string of the molecule is C[C@@H](NC1CCC(C)(C)c2ccccc21)c1ccco1. The van der Waals surface area contributed by atoms with E-state index < -0.39 is 0 Å². The van der Waals surface area contributed by atoms with E-state index in [-0.39, 0.29) is 11.5 Å². The van der Waals surface area contributed by atoms with Crippen molar-refractivity contribution in [1.82, 2.24) is 5.32 Å². The molecular weight excluding hydrogens is 246 g/mol. The van der Waals surface area contributed by atoms with E-state index in [4.69, 9.17) is 4.42 Å². The smallest absolute Gasteiger partial charge is 0.120 e. The van der Waals surface area contributed by atoms with Crippen molar-refractivity contribution in [3.63, 3.8) is 0 Å². The van der Waals surface area contributed by atoms with Gasteiger partial charge in [-0.25, -0.2) is 0 Å². The maximum Gasteiger partial charge on any atom is 0.120 e. The number of rotatable bonds is 3. The first kappa shape index (κ1) is 13.4. The lowest BCUT2D eigenvalue weighted by Crippen LogP contribution is -2.33. The molecule has 2 atom stereocenters. The molecule has 1 N–H and O–H groups in total. The molecule has 0 amide bonds. The quantitative estimate of drug-likeness (QED) is 0.870. The summed E-state index contributed by atoms with van der Waals surface area (Å²) in [6.45, 7) is 6.86. The Balaban J connectivity index is 1.85. The molecule has 1 aliphatic rings. The summed E-state index contributed by atoms with van der Waals surface area (Å²) in [5.74, 6) is 1.01. The molecule has 106 valence electrons. The summed E-state index contributed by atoms with van der Waals surface area (Å²) < 4.78 is 5.50. The zero-order valence-electron chi connectivity index (χ0n) is 12.5. The third-order valence-electron chi connectivity index (χ3n) is 4.54. The molecule has 0 fully saturated rings. The largest absolute Gasteiger partial charge is 0.468 e. The molecule has 2 nitrogen and oxygen atoms in total. The number of nitrogens with one attached hydrogen (secondary N) is 1. The maximum absolute atomic E-state index is 5.50. The van der Waals surface area contributed by atoms with Gasteiger partial charge in [-0.3, -0.25) is 0 Å². The first-order chi connectivity index (χ1) is 9.58. The van der Waals surface area contributed by atoms with Crippen LogP contribution in [0.3, 0.4) is 0 Å². The van der Waals surface area contributed by atoms with Crippen LogP contribution in [0.2, 0.25) is 0 Å². The van der Waals surface area contributed by atoms with Crippen LogP contribution in [0.5, 0.6) is 0 Å². The van der Waals surface area contributed by atoms with Gasteiger partial charge in [0.05, 0.1) is 12.3 Å². The molecule has 2 heteroatoms. The van der Waals surface area contributed by atoms with Gasteiger partial charge >= 0.3 is 0 Å². The first-order valence-electron chi connectivity index (χ1n) is 7.47. The second kappa shape index (κ2) is 5.10. The van der Waals surface area contributed by atoms with Crippen LogP contribution in [0.4, 0.5) is 0 Å². The molecule has 1 aromatic carbocycles. The van der Waals surface area contributed by atoms with E-state index in [1.54, 1.807) is 6.26 Å². The van der Waals surface area contributed by atoms with Crippen molar-refractivity contribution < 1.29 is 4.42 Å². The predicted octanol–water partition coefficient (Wildman–Crippen LogP) is 4.74. The Hall–Kier alpha value is -1.54. The van der Waals surface area contributed by atoms with Crippen molar-refractivity contribution in [3.8, 4) is 0 Å². The standard InChI is InChI=1S/C18H23NO/c1-13(17-9-6-12-20-17)19-16-10-11-18(2,3)15-8-5-4-7-14(15)16/h4-9,12-13,16,19H,10-11H2,1-3H3/t13-,16?/m1/s1. The highest BCUT2D eigenvalue weighted by molar-refractivity contribution is 5.38. The summed E-state index contributed by atoms with van der Waals surface area (Å²) in [4.78, 5) is 0. The molecular formula is C18H23NO. The average molecular weight is 269 g/mol. The highest BCUT2D eigenvalue weighted by Gasteiger charge is 2.32. The van der Waals surface area contributed by atoms with Crippen LogP contribution in [-0.2, 0) is 5.41 Å². The average Bonchev–Trinajstić information content (AvgIpc) is 2.96. The van der Waals surface area contributed by atoms with Gasteiger partial charge in [-0.1, -0.05) is 38.1 Å². The van der Waals surface area contributed by atoms with Crippen LogP contribution >= 0.6 is 0 Å². The van der Waals surface area contributed by atoms with E-state index in [0.717, 1.165) is 5.76 Å². The van der Waals surface area contributed by atoms with Crippen LogP contribution in [-0.4, -0.2) is 0 Å². The third-order valence-corrected chi connectivity index (χ3v) is 4.54. The van der Waals surface area contributed by atoms with Crippen molar-refractivity contribution in [3.05, 3.63) is 59.5 Å². The molecule has 1 aliphatic carbocycles. The minimum Gasteiger partial charge on any atom is -0.468 e. The van der Waals surface area contributed by atoms with Gasteiger partial charge in [-0.2, -0.15) is 0 Å². The lowest BCUT2D eigenvalue weighted by atomic mass is 9.71. The van der Waals surface area contributed by atoms with Crippen LogP contribution in [0, 0.1) is 0 Å². The van der Waals surface area contributed by atoms with Gasteiger partial charge in [0.2, 0.25) is 0 Å². The summed E-state index contributed by atoms with van der Waals surface area (Å²) >= 11 is 0. The van der Waals surface area contributed by atoms with Crippen molar-refractivity contribution in [2.75, 3.05) is 0 Å². The topological polar surface area (TPSA) is 25.2 Å². The van der Waals surface area contributed by atoms with Crippen molar-refractivity contribution >= 4 is 0 Å². The monoisotopic (exact) mass is 269 g/mol. The third kappa shape index (κ3) is 2.40. The fraction of sp³-hybridized carbons (Fsp3) is 0.444. The summed E-state index contributed by atoms with van der Waals surface area (Å²) in [7, 11) is 0. The zero-order valence-corrected chi connectivity index (χ0v) is 12.5. The lowest BCUT2D eigenvalue weighted by Gasteiger charge is -2.38. The minimum atomic E-state index is 0.240. The molecule has 2 aromatic rings. The number of furan rings is 1. The molecule has 1 heterocycles. The fourth-order valence-corrected chi connectivity index (χ4v) is 3.31. The molecule has 0 spiro atoms. The minimum absolute atomic E-state index is 0.240. The molecule has 0 saturated heterocycles. The number of hydrogen-bond donors (Lipinski definition) is 1. The summed E-state index contributed by atoms with van der Waals surface area (Å²) in [5.41, 5.74) is 3.21. The predicted molar refractivity (Wildman–Crippen MR) is 81.7 cm³/mol. The van der Waals surface area contributed by atoms with E-state index in [0.29, 0.717) is 6.04 Å². The Morgan fingerprint density at radius 1 is 1.20 bits per heavy atom. The van der Waals surface area contributed by atoms with Gasteiger partial charge in [0.15, 0.2) is 0 Å². The van der Waals surface area contributed by atoms with Crippen molar-refractivity contribution in [2.24, 2.45) is 0 Å². The van der Waals surface area contributed by atoms with E-state index >= 15 is 0 Å². The van der Waals surface area contributed by atoms with Gasteiger partial charge in [-0.05, 0) is 48.4 Å². The Labute approximate surface area is 121 Å². The van der Waals surface area contributed by atoms with Crippen molar-refractivity contribution in [2.45, 2.75) is 51.1 Å². The number of fused-ring (bicyclic) bond motifs is 1. The van der Waals surface area contributed by atoms with Gasteiger partial charge in [0.25, 0.3) is 0 Å². The molecule has 1 aromatic heterocycles. The number of hydrogen-bond acceptors (Lipinski definition) is 2. The zero-order chi connectivity index (χ0) is 14.2. The second-order valence-electron chi connectivity index (χ2n) is 6.47. The summed E-state index contributed by atoms with van der Waals surface area (Å²) in [5, 5.41) is 3.72.